The van der Waals surface area contributed by atoms with Gasteiger partial charge < -0.3 is 9.30 Å². The van der Waals surface area contributed by atoms with Gasteiger partial charge in [-0.25, -0.2) is 9.78 Å². The molecule has 6 nitrogen and oxygen atoms in total. The molecule has 1 amide bonds. The Morgan fingerprint density at radius 3 is 2.79 bits per heavy atom. The molecule has 0 aliphatic rings. The van der Waals surface area contributed by atoms with Gasteiger partial charge in [0.15, 0.2) is 5.13 Å². The van der Waals surface area contributed by atoms with Crippen LogP contribution in [0.1, 0.15) is 32.8 Å². The van der Waals surface area contributed by atoms with Crippen LogP contribution in [0.25, 0.3) is 10.9 Å². The molecule has 3 aromatic rings. The van der Waals surface area contributed by atoms with E-state index in [1.165, 1.54) is 0 Å². The van der Waals surface area contributed by atoms with Crippen molar-refractivity contribution < 1.29 is 14.3 Å². The fourth-order valence-corrected chi connectivity index (χ4v) is 3.36. The first kappa shape index (κ1) is 16.2. The second-order valence-corrected chi connectivity index (χ2v) is 6.25. The molecular formula is C17H17N3O3S. The fourth-order valence-electron chi connectivity index (χ4n) is 2.50. The van der Waals surface area contributed by atoms with Crippen molar-refractivity contribution in [3.05, 3.63) is 46.6 Å². The molecule has 0 aliphatic heterocycles. The van der Waals surface area contributed by atoms with E-state index >= 15 is 0 Å². The van der Waals surface area contributed by atoms with Crippen LogP contribution in [-0.4, -0.2) is 28.0 Å². The number of fused-ring (bicyclic) bond motifs is 1. The van der Waals surface area contributed by atoms with Crippen LogP contribution in [0.15, 0.2) is 30.3 Å². The summed E-state index contributed by atoms with van der Waals surface area (Å²) in [6.07, 6.45) is 0. The Morgan fingerprint density at radius 1 is 1.33 bits per heavy atom. The summed E-state index contributed by atoms with van der Waals surface area (Å²) in [5.41, 5.74) is 2.05. The number of hydrogen-bond donors (Lipinski definition) is 1. The molecule has 24 heavy (non-hydrogen) atoms. The number of carbonyl (C=O) groups is 2. The summed E-state index contributed by atoms with van der Waals surface area (Å²) in [7, 11) is 1.84. The van der Waals surface area contributed by atoms with Crippen LogP contribution in [0.3, 0.4) is 0 Å². The second kappa shape index (κ2) is 6.45. The van der Waals surface area contributed by atoms with Crippen molar-refractivity contribution in [2.75, 3.05) is 11.9 Å². The van der Waals surface area contributed by atoms with Crippen LogP contribution in [-0.2, 0) is 11.8 Å². The predicted octanol–water partition coefficient (Wildman–Crippen LogP) is 3.37. The quantitative estimate of drug-likeness (QED) is 0.737. The lowest BCUT2D eigenvalue weighted by Gasteiger charge is -2.03. The van der Waals surface area contributed by atoms with Gasteiger partial charge in [0.05, 0.1) is 12.3 Å². The zero-order valence-electron chi connectivity index (χ0n) is 13.6. The summed E-state index contributed by atoms with van der Waals surface area (Å²) in [6.45, 7) is 3.76. The van der Waals surface area contributed by atoms with Gasteiger partial charge >= 0.3 is 5.97 Å². The minimum atomic E-state index is -0.419. The van der Waals surface area contributed by atoms with Crippen molar-refractivity contribution in [3.63, 3.8) is 0 Å². The zero-order valence-corrected chi connectivity index (χ0v) is 14.4. The predicted molar refractivity (Wildman–Crippen MR) is 93.7 cm³/mol. The van der Waals surface area contributed by atoms with Gasteiger partial charge in [-0.2, -0.15) is 0 Å². The van der Waals surface area contributed by atoms with Crippen molar-refractivity contribution in [2.24, 2.45) is 7.05 Å². The molecule has 1 aromatic carbocycles. The zero-order chi connectivity index (χ0) is 17.3. The van der Waals surface area contributed by atoms with Gasteiger partial charge in [0.25, 0.3) is 5.91 Å². The highest BCUT2D eigenvalue weighted by Gasteiger charge is 2.19. The molecule has 2 heterocycles. The topological polar surface area (TPSA) is 73.2 Å². The Bertz CT molecular complexity index is 926. The number of nitrogens with one attached hydrogen (secondary N) is 1. The van der Waals surface area contributed by atoms with Gasteiger partial charge in [0.2, 0.25) is 0 Å². The van der Waals surface area contributed by atoms with E-state index in [1.54, 1.807) is 13.8 Å². The normalized spacial score (nSPS) is 10.8. The maximum Gasteiger partial charge on any atom is 0.350 e. The lowest BCUT2D eigenvalue weighted by atomic mass is 10.2. The second-order valence-electron chi connectivity index (χ2n) is 5.26. The van der Waals surface area contributed by atoms with E-state index in [4.69, 9.17) is 4.74 Å². The van der Waals surface area contributed by atoms with Crippen LogP contribution >= 0.6 is 11.3 Å². The molecule has 0 saturated carbocycles. The molecule has 0 spiro atoms. The number of anilines is 1. The van der Waals surface area contributed by atoms with Crippen molar-refractivity contribution in [3.8, 4) is 0 Å². The van der Waals surface area contributed by atoms with Crippen LogP contribution in [0.5, 0.6) is 0 Å². The maximum absolute atomic E-state index is 12.5. The Hall–Kier alpha value is -2.67. The molecule has 0 fully saturated rings. The summed E-state index contributed by atoms with van der Waals surface area (Å²) in [4.78, 5) is 29.0. The summed E-state index contributed by atoms with van der Waals surface area (Å²) >= 11 is 1.12. The Morgan fingerprint density at radius 2 is 2.08 bits per heavy atom. The lowest BCUT2D eigenvalue weighted by molar-refractivity contribution is 0.0531. The number of para-hydroxylation sites is 1. The molecule has 7 heteroatoms. The third-order valence-electron chi connectivity index (χ3n) is 3.66. The molecule has 3 rings (SSSR count). The van der Waals surface area contributed by atoms with E-state index in [1.807, 2.05) is 41.9 Å². The molecule has 1 N–H and O–H groups in total. The number of carbonyl (C=O) groups excluding carboxylic acids is 2. The molecule has 124 valence electrons. The molecular weight excluding hydrogens is 326 g/mol. The highest BCUT2D eigenvalue weighted by atomic mass is 32.1. The van der Waals surface area contributed by atoms with Gasteiger partial charge in [-0.05, 0) is 26.0 Å². The number of benzene rings is 1. The number of aryl methyl sites for hydroxylation is 2. The third kappa shape index (κ3) is 2.90. The van der Waals surface area contributed by atoms with E-state index in [0.29, 0.717) is 28.0 Å². The molecule has 0 radical (unpaired) electrons. The van der Waals surface area contributed by atoms with Crippen LogP contribution in [0, 0.1) is 6.92 Å². The number of rotatable bonds is 4. The Labute approximate surface area is 143 Å². The number of ether oxygens (including phenoxy) is 1. The Kier molecular flexibility index (Phi) is 4.35. The fraction of sp³-hybridized carbons (Fsp3) is 0.235. The van der Waals surface area contributed by atoms with Gasteiger partial charge in [-0.1, -0.05) is 29.5 Å². The van der Waals surface area contributed by atoms with E-state index in [2.05, 4.69) is 10.3 Å². The monoisotopic (exact) mass is 343 g/mol. The highest BCUT2D eigenvalue weighted by molar-refractivity contribution is 7.17. The standard InChI is InChI=1S/C17H17N3O3S/c1-4-23-16(22)14-10(2)18-17(24-14)19-15(21)13-9-11-7-5-6-8-12(11)20(13)3/h5-9H,4H2,1-3H3,(H,18,19,21). The van der Waals surface area contributed by atoms with Crippen molar-refractivity contribution >= 4 is 39.2 Å². The number of aromatic nitrogens is 2. The van der Waals surface area contributed by atoms with E-state index in [9.17, 15) is 9.59 Å². The van der Waals surface area contributed by atoms with Crippen LogP contribution in [0.4, 0.5) is 5.13 Å². The number of thiazole rings is 1. The first-order chi connectivity index (χ1) is 11.5. The number of hydrogen-bond acceptors (Lipinski definition) is 5. The lowest BCUT2D eigenvalue weighted by Crippen LogP contribution is -2.15. The number of esters is 1. The van der Waals surface area contributed by atoms with Gasteiger partial charge in [0.1, 0.15) is 10.6 Å². The van der Waals surface area contributed by atoms with E-state index in [-0.39, 0.29) is 5.91 Å². The summed E-state index contributed by atoms with van der Waals surface area (Å²) < 4.78 is 6.82. The average Bonchev–Trinajstić information content (AvgIpc) is 3.08. The highest BCUT2D eigenvalue weighted by Crippen LogP contribution is 2.25. The van der Waals surface area contributed by atoms with Gasteiger partial charge in [-0.3, -0.25) is 10.1 Å². The first-order valence-electron chi connectivity index (χ1n) is 7.51. The first-order valence-corrected chi connectivity index (χ1v) is 8.33. The number of nitrogens with zero attached hydrogens (tertiary/aromatic N) is 2. The third-order valence-corrected chi connectivity index (χ3v) is 4.72. The van der Waals surface area contributed by atoms with Gasteiger partial charge in [0, 0.05) is 18.0 Å². The van der Waals surface area contributed by atoms with Crippen LogP contribution in [0.2, 0.25) is 0 Å². The van der Waals surface area contributed by atoms with Crippen LogP contribution < -0.4 is 5.32 Å². The van der Waals surface area contributed by atoms with E-state index in [0.717, 1.165) is 22.2 Å². The molecule has 0 bridgehead atoms. The molecule has 0 unspecified atom stereocenters. The molecule has 0 atom stereocenters. The Balaban J connectivity index is 1.85. The minimum Gasteiger partial charge on any atom is -0.462 e. The van der Waals surface area contributed by atoms with Gasteiger partial charge in [-0.15, -0.1) is 0 Å². The molecule has 2 aromatic heterocycles. The molecule has 0 saturated heterocycles. The minimum absolute atomic E-state index is 0.266. The SMILES string of the molecule is CCOC(=O)c1sc(NC(=O)c2cc3ccccc3n2C)nc1C. The molecule has 0 aliphatic carbocycles. The van der Waals surface area contributed by atoms with E-state index < -0.39 is 5.97 Å². The average molecular weight is 343 g/mol. The smallest absolute Gasteiger partial charge is 0.350 e. The van der Waals surface area contributed by atoms with Crippen molar-refractivity contribution in [1.29, 1.82) is 0 Å². The number of amides is 1. The maximum atomic E-state index is 12.5. The van der Waals surface area contributed by atoms with Crippen molar-refractivity contribution in [2.45, 2.75) is 13.8 Å². The summed E-state index contributed by atoms with van der Waals surface area (Å²) in [5, 5.41) is 4.13. The summed E-state index contributed by atoms with van der Waals surface area (Å²) in [6, 6.07) is 9.61. The van der Waals surface area contributed by atoms with Crippen molar-refractivity contribution in [1.82, 2.24) is 9.55 Å². The largest absolute Gasteiger partial charge is 0.462 e. The summed E-state index contributed by atoms with van der Waals surface area (Å²) in [5.74, 6) is -0.685.